The zero-order valence-electron chi connectivity index (χ0n) is 74.6. The summed E-state index contributed by atoms with van der Waals surface area (Å²) in [5.41, 5.74) is 14.7. The van der Waals surface area contributed by atoms with Gasteiger partial charge >= 0.3 is 0 Å². The van der Waals surface area contributed by atoms with Crippen molar-refractivity contribution < 1.29 is 41.8 Å². The highest BCUT2D eigenvalue weighted by molar-refractivity contribution is 7.18. The third-order valence-electron chi connectivity index (χ3n) is 24.4. The molecule has 6 aliphatic rings. The molecule has 0 atom stereocenters. The highest BCUT2D eigenvalue weighted by Crippen LogP contribution is 2.44. The number of ether oxygens (including phenoxy) is 2. The number of carbonyl (C=O) groups excluding carboxylic acids is 4. The highest BCUT2D eigenvalue weighted by Gasteiger charge is 2.39. The topological polar surface area (TPSA) is 276 Å². The van der Waals surface area contributed by atoms with Crippen molar-refractivity contribution in [3.8, 4) is 88.2 Å². The maximum Gasteiger partial charge on any atom is 0.254 e. The highest BCUT2D eigenvalue weighted by atomic mass is 32.1. The van der Waals surface area contributed by atoms with Gasteiger partial charge in [-0.05, 0) is 232 Å². The number of pyridine rings is 2. The van der Waals surface area contributed by atoms with E-state index in [-0.39, 0.29) is 40.9 Å². The Hall–Kier alpha value is -13.4. The zero-order chi connectivity index (χ0) is 90.9. The minimum atomic E-state index is -1.51. The Balaban J connectivity index is 0.000000118. The Morgan fingerprint density at radius 2 is 0.931 bits per heavy atom. The summed E-state index contributed by atoms with van der Waals surface area (Å²) in [7, 11) is 7.66. The van der Waals surface area contributed by atoms with Crippen molar-refractivity contribution in [1.29, 1.82) is 0 Å². The molecule has 2 aliphatic heterocycles. The van der Waals surface area contributed by atoms with E-state index in [2.05, 4.69) is 102 Å². The van der Waals surface area contributed by atoms with Crippen molar-refractivity contribution in [2.24, 2.45) is 0 Å². The lowest BCUT2D eigenvalue weighted by Gasteiger charge is -2.35. The van der Waals surface area contributed by atoms with Crippen LogP contribution in [0.5, 0.6) is 11.5 Å². The molecule has 0 spiro atoms. The third-order valence-corrected chi connectivity index (χ3v) is 26.5. The summed E-state index contributed by atoms with van der Waals surface area (Å²) in [5.74, 6) is 0.832. The Morgan fingerprint density at radius 3 is 1.41 bits per heavy atom. The number of carbonyl (C=O) groups is 4. The number of alkyl halides is 1. The van der Waals surface area contributed by atoms with Crippen LogP contribution in [-0.2, 0) is 12.2 Å². The number of anilines is 1. The van der Waals surface area contributed by atoms with E-state index in [1.807, 2.05) is 170 Å². The fraction of sp³-hybridized carbons (Fsp3) is 0.333. The van der Waals surface area contributed by atoms with Gasteiger partial charge in [0.15, 0.2) is 16.8 Å². The lowest BCUT2D eigenvalue weighted by molar-refractivity contribution is 0.0639. The number of aryl methyl sites for hydroxylation is 4. The second kappa shape index (κ2) is 37.9. The largest absolute Gasteiger partial charge is 0.496 e. The molecule has 2 saturated heterocycles. The maximum absolute atomic E-state index is 16.3. The number of nitrogens with zero attached hydrogens (tertiary/aromatic N) is 17. The fourth-order valence-electron chi connectivity index (χ4n) is 16.3. The predicted octanol–water partition coefficient (Wildman–Crippen LogP) is 17.5. The minimum absolute atomic E-state index is 0.00361. The summed E-state index contributed by atoms with van der Waals surface area (Å²) in [6, 6.07) is 32.5. The van der Waals surface area contributed by atoms with Crippen LogP contribution in [0.25, 0.3) is 88.0 Å². The summed E-state index contributed by atoms with van der Waals surface area (Å²) in [5, 5.41) is 34.0. The van der Waals surface area contributed by atoms with Crippen LogP contribution in [-0.4, -0.2) is 186 Å². The van der Waals surface area contributed by atoms with E-state index in [9.17, 15) is 28.0 Å². The van der Waals surface area contributed by atoms with Crippen molar-refractivity contribution in [1.82, 2.24) is 98.9 Å². The first-order valence-corrected chi connectivity index (χ1v) is 46.3. The third kappa shape index (κ3) is 20.1. The van der Waals surface area contributed by atoms with Crippen LogP contribution >= 0.6 is 22.7 Å². The van der Waals surface area contributed by atoms with E-state index in [1.165, 1.54) is 31.4 Å². The molecule has 15 aromatic rings. The SMILES string of the molecule is CCOc1cc2ncc(-n3cc(-c4cc(C(=O)NC5CC5)c(F)cc4C)cn3)n2cc1C1(F)CCN(C)CC1.COc1cc2ncc(-n3cc(-c4cc(C(=O)NC5CC5)c(F)cc4C)cn3)n2cc1CN(C)C.Cc1ccc(C(=O)NC2CC2)cc1-c1cnn(-c2cnc(-c3ccccc3)s2)c1.Cc1ccc(C(=O)NC2CC2)cc1-c1cnn(-c2cnc(N3CCCCC3)s2)c1. The number of fused-ring (bicyclic) bond motifs is 2. The number of nitrogens with one attached hydrogen (secondary N) is 4. The van der Waals surface area contributed by atoms with E-state index in [0.717, 1.165) is 169 Å². The number of imidazole rings is 2. The Morgan fingerprint density at radius 1 is 0.481 bits per heavy atom. The summed E-state index contributed by atoms with van der Waals surface area (Å²) in [4.78, 5) is 74.7. The molecule has 4 aliphatic carbocycles. The van der Waals surface area contributed by atoms with Gasteiger partial charge in [0.2, 0.25) is 0 Å². The summed E-state index contributed by atoms with van der Waals surface area (Å²) in [6.45, 7) is 14.3. The molecule has 131 heavy (non-hydrogen) atoms. The molecule has 0 radical (unpaired) electrons. The van der Waals surface area contributed by atoms with Gasteiger partial charge in [0, 0.05) is 156 Å². The van der Waals surface area contributed by atoms with Crippen molar-refractivity contribution in [2.45, 2.75) is 154 Å². The van der Waals surface area contributed by atoms with Crippen LogP contribution in [0.2, 0.25) is 0 Å². The molecule has 4 saturated carbocycles. The number of likely N-dealkylation sites (tertiary alicyclic amines) is 1. The van der Waals surface area contributed by atoms with Crippen molar-refractivity contribution in [3.05, 3.63) is 257 Å². The molecule has 0 bridgehead atoms. The molecule has 4 amide bonds. The number of benzene rings is 5. The van der Waals surface area contributed by atoms with Gasteiger partial charge in [0.05, 0.1) is 74.4 Å². The van der Waals surface area contributed by atoms with Gasteiger partial charge in [-0.3, -0.25) is 28.0 Å². The van der Waals surface area contributed by atoms with Gasteiger partial charge in [-0.15, -0.1) is 0 Å². The summed E-state index contributed by atoms with van der Waals surface area (Å²) >= 11 is 3.28. The van der Waals surface area contributed by atoms with Gasteiger partial charge in [-0.25, -0.2) is 51.8 Å². The standard InChI is InChI=1S/C29H32F2N6O2.C25H27FN6O2.C23H20N4OS.C22H25N5OS/c1-4-39-25-13-26-32-15-27(36(26)17-23(25)29(31)7-9-35(3)10-8-29)37-16-19(14-33-37)21-12-22(24(30)11-18(21)2)28(38)34-20-5-6-20;1-15-7-21(26)20(25(33)29-18-5-6-18)8-19(15)16-10-28-32(14-16)24-11-27-23-9-22(34-4)17(12-30(2)3)13-31(23)24;1-15-7-8-17(22(28)26-19-9-10-19)11-20(15)18-12-25-27(14-18)21-13-24-23(29-21)16-5-3-2-4-6-16;1-15-5-6-16(21(28)25-18-7-8-18)11-19(15)17-12-24-27(14-17)20-13-23-22(29-20)26-9-3-2-4-10-26/h11-17,20H,4-10H2,1-3H3,(H,34,38);7-11,13-14,18H,5-6,12H2,1-4H3,(H,29,33);2-8,11-14,19H,9-10H2,1H3,(H,26,28);5-6,11-14,18H,2-4,7-10H2,1H3,(H,25,28). The number of aromatic nitrogens is 14. The lowest BCUT2D eigenvalue weighted by atomic mass is 9.86. The Kier molecular flexibility index (Phi) is 25.6. The molecule has 6 fully saturated rings. The Bertz CT molecular complexity index is 6730. The smallest absolute Gasteiger partial charge is 0.254 e. The van der Waals surface area contributed by atoms with Gasteiger partial charge < -0.3 is 45.4 Å². The van der Waals surface area contributed by atoms with Gasteiger partial charge in [0.1, 0.15) is 55.1 Å². The molecular formula is C99H104F3N21O6S2. The van der Waals surface area contributed by atoms with Crippen LogP contribution in [0.3, 0.4) is 0 Å². The minimum Gasteiger partial charge on any atom is -0.496 e. The predicted molar refractivity (Wildman–Crippen MR) is 502 cm³/mol. The molecular weight excluding hydrogens is 1700 g/mol. The second-order valence-electron chi connectivity index (χ2n) is 35.0. The van der Waals surface area contributed by atoms with E-state index >= 15 is 4.39 Å². The van der Waals surface area contributed by atoms with Crippen LogP contribution in [0, 0.1) is 39.3 Å². The van der Waals surface area contributed by atoms with Gasteiger partial charge in [0.25, 0.3) is 23.6 Å². The molecule has 4 N–H and O–H groups in total. The van der Waals surface area contributed by atoms with Gasteiger partial charge in [-0.2, -0.15) is 20.4 Å². The van der Waals surface area contributed by atoms with E-state index in [0.29, 0.717) is 96.2 Å². The van der Waals surface area contributed by atoms with E-state index < -0.39 is 23.2 Å². The monoisotopic (exact) mass is 1800 g/mol. The maximum atomic E-state index is 16.3. The van der Waals surface area contributed by atoms with Gasteiger partial charge in [-0.1, -0.05) is 65.1 Å². The molecule has 674 valence electrons. The number of amides is 4. The summed E-state index contributed by atoms with van der Waals surface area (Å²) in [6.07, 6.45) is 38.4. The molecule has 10 aromatic heterocycles. The van der Waals surface area contributed by atoms with Crippen molar-refractivity contribution in [3.63, 3.8) is 0 Å². The van der Waals surface area contributed by atoms with E-state index in [1.54, 1.807) is 95.3 Å². The second-order valence-corrected chi connectivity index (χ2v) is 37.0. The quantitative estimate of drug-likeness (QED) is 0.0437. The summed E-state index contributed by atoms with van der Waals surface area (Å²) < 4.78 is 67.8. The Labute approximate surface area is 764 Å². The number of halogens is 3. The number of rotatable bonds is 24. The first-order chi connectivity index (χ1) is 63.4. The molecule has 0 unspecified atom stereocenters. The first kappa shape index (κ1) is 88.2. The molecule has 12 heterocycles. The van der Waals surface area contributed by atoms with Crippen molar-refractivity contribution in [2.75, 3.05) is 65.9 Å². The average molecular weight is 1810 g/mol. The lowest BCUT2D eigenvalue weighted by Crippen LogP contribution is -2.38. The first-order valence-electron chi connectivity index (χ1n) is 44.6. The molecule has 32 heteroatoms. The van der Waals surface area contributed by atoms with Crippen LogP contribution in [0.1, 0.15) is 165 Å². The fourth-order valence-corrected chi connectivity index (χ4v) is 18.1. The normalized spacial score (nSPS) is 15.4. The molecule has 21 rings (SSSR count). The number of hydrogen-bond acceptors (Lipinski definition) is 19. The van der Waals surface area contributed by atoms with Crippen LogP contribution in [0.4, 0.5) is 18.3 Å². The number of hydrogen-bond donors (Lipinski definition) is 4. The number of piperidine rings is 2. The van der Waals surface area contributed by atoms with Crippen LogP contribution in [0.15, 0.2) is 190 Å². The zero-order valence-corrected chi connectivity index (χ0v) is 76.3. The van der Waals surface area contributed by atoms with Crippen LogP contribution < -0.4 is 35.6 Å². The number of thiazole rings is 2. The molecule has 27 nitrogen and oxygen atoms in total. The van der Waals surface area contributed by atoms with Crippen molar-refractivity contribution >= 4 is 62.7 Å². The molecule has 5 aromatic carbocycles. The average Bonchev–Trinajstić information content (AvgIpc) is 1.64. The van der Waals surface area contributed by atoms with E-state index in [4.69, 9.17) is 9.47 Å². The number of methoxy groups -OCH3 is 1.